The molecular formula is C10H13N5. The Kier molecular flexibility index (Phi) is 2.45. The van der Waals surface area contributed by atoms with Crippen molar-refractivity contribution in [3.8, 4) is 11.5 Å². The molecule has 2 heterocycles. The molecule has 0 unspecified atom stereocenters. The van der Waals surface area contributed by atoms with Crippen molar-refractivity contribution >= 4 is 0 Å². The Morgan fingerprint density at radius 2 is 2.07 bits per heavy atom. The van der Waals surface area contributed by atoms with Gasteiger partial charge in [0.2, 0.25) is 5.82 Å². The summed E-state index contributed by atoms with van der Waals surface area (Å²) in [7, 11) is 0. The zero-order chi connectivity index (χ0) is 10.8. The van der Waals surface area contributed by atoms with E-state index in [1.807, 2.05) is 13.0 Å². The van der Waals surface area contributed by atoms with Gasteiger partial charge in [0.15, 0.2) is 0 Å². The minimum Gasteiger partial charge on any atom is -0.249 e. The van der Waals surface area contributed by atoms with Crippen molar-refractivity contribution in [1.29, 1.82) is 0 Å². The molecule has 0 bridgehead atoms. The topological polar surface area (TPSA) is 67.3 Å². The number of aromatic amines is 1. The summed E-state index contributed by atoms with van der Waals surface area (Å²) in [5.41, 5.74) is 2.92. The van der Waals surface area contributed by atoms with Crippen LogP contribution in [0.1, 0.15) is 31.0 Å². The Morgan fingerprint density at radius 1 is 1.27 bits per heavy atom. The quantitative estimate of drug-likeness (QED) is 0.806. The van der Waals surface area contributed by atoms with Gasteiger partial charge in [-0.05, 0) is 29.7 Å². The summed E-state index contributed by atoms with van der Waals surface area (Å²) in [6.07, 6.45) is 0. The van der Waals surface area contributed by atoms with Crippen molar-refractivity contribution in [3.05, 3.63) is 23.4 Å². The van der Waals surface area contributed by atoms with Crippen molar-refractivity contribution in [3.63, 3.8) is 0 Å². The van der Waals surface area contributed by atoms with Crippen molar-refractivity contribution in [2.24, 2.45) is 0 Å². The van der Waals surface area contributed by atoms with Crippen LogP contribution in [0, 0.1) is 6.92 Å². The molecule has 0 saturated carbocycles. The molecule has 0 fully saturated rings. The van der Waals surface area contributed by atoms with Crippen LogP contribution >= 0.6 is 0 Å². The highest BCUT2D eigenvalue weighted by atomic mass is 15.5. The number of aromatic nitrogens is 5. The standard InChI is InChI=1S/C10H13N5/c1-6(2)8-5-4-7(3)11-9(8)10-12-14-15-13-10/h4-6H,1-3H3,(H,12,13,14,15). The van der Waals surface area contributed by atoms with Crippen molar-refractivity contribution in [2.75, 3.05) is 0 Å². The number of tetrazole rings is 1. The van der Waals surface area contributed by atoms with Gasteiger partial charge in [0.1, 0.15) is 5.69 Å². The average Bonchev–Trinajstić information content (AvgIpc) is 2.69. The van der Waals surface area contributed by atoms with Crippen molar-refractivity contribution in [1.82, 2.24) is 25.6 Å². The normalized spacial score (nSPS) is 10.9. The Bertz CT molecular complexity index is 447. The summed E-state index contributed by atoms with van der Waals surface area (Å²) in [5.74, 6) is 0.953. The van der Waals surface area contributed by atoms with E-state index >= 15 is 0 Å². The number of hydrogen-bond acceptors (Lipinski definition) is 4. The van der Waals surface area contributed by atoms with Gasteiger partial charge in [-0.1, -0.05) is 19.9 Å². The van der Waals surface area contributed by atoms with Gasteiger partial charge >= 0.3 is 0 Å². The van der Waals surface area contributed by atoms with Gasteiger partial charge in [-0.25, -0.2) is 4.98 Å². The van der Waals surface area contributed by atoms with E-state index in [2.05, 4.69) is 45.5 Å². The maximum Gasteiger partial charge on any atom is 0.223 e. The summed E-state index contributed by atoms with van der Waals surface area (Å²) < 4.78 is 0. The molecule has 0 atom stereocenters. The molecule has 5 heteroatoms. The van der Waals surface area contributed by atoms with Gasteiger partial charge < -0.3 is 0 Å². The molecule has 5 nitrogen and oxygen atoms in total. The summed E-state index contributed by atoms with van der Waals surface area (Å²) in [6, 6.07) is 4.07. The van der Waals surface area contributed by atoms with E-state index in [4.69, 9.17) is 0 Å². The first-order valence-corrected chi connectivity index (χ1v) is 4.90. The van der Waals surface area contributed by atoms with E-state index in [1.54, 1.807) is 0 Å². The summed E-state index contributed by atoms with van der Waals surface area (Å²) in [6.45, 7) is 6.19. The number of hydrogen-bond donors (Lipinski definition) is 1. The Morgan fingerprint density at radius 3 is 2.67 bits per heavy atom. The molecule has 78 valence electrons. The van der Waals surface area contributed by atoms with E-state index in [0.29, 0.717) is 11.7 Å². The summed E-state index contributed by atoms with van der Waals surface area (Å²) in [5, 5.41) is 13.9. The minimum atomic E-state index is 0.395. The predicted molar refractivity (Wildman–Crippen MR) is 56.2 cm³/mol. The fraction of sp³-hybridized carbons (Fsp3) is 0.400. The maximum absolute atomic E-state index is 4.45. The highest BCUT2D eigenvalue weighted by molar-refractivity contribution is 5.55. The number of pyridine rings is 1. The number of nitrogens with zero attached hydrogens (tertiary/aromatic N) is 4. The summed E-state index contributed by atoms with van der Waals surface area (Å²) in [4.78, 5) is 4.45. The van der Waals surface area contributed by atoms with Crippen LogP contribution in [-0.4, -0.2) is 25.6 Å². The van der Waals surface area contributed by atoms with Crippen LogP contribution in [0.4, 0.5) is 0 Å². The lowest BCUT2D eigenvalue weighted by molar-refractivity contribution is 0.855. The van der Waals surface area contributed by atoms with Crippen molar-refractivity contribution < 1.29 is 0 Å². The fourth-order valence-corrected chi connectivity index (χ4v) is 1.47. The Balaban J connectivity index is 2.58. The van der Waals surface area contributed by atoms with Gasteiger partial charge in [0, 0.05) is 5.69 Å². The second-order valence-electron chi connectivity index (χ2n) is 3.78. The van der Waals surface area contributed by atoms with Crippen LogP contribution in [0.25, 0.3) is 11.5 Å². The second-order valence-corrected chi connectivity index (χ2v) is 3.78. The first-order chi connectivity index (χ1) is 7.18. The predicted octanol–water partition coefficient (Wildman–Crippen LogP) is 1.69. The SMILES string of the molecule is Cc1ccc(C(C)C)c(-c2nn[nH]n2)n1. The molecule has 2 aromatic heterocycles. The molecule has 0 aliphatic heterocycles. The van der Waals surface area contributed by atoms with E-state index in [9.17, 15) is 0 Å². The highest BCUT2D eigenvalue weighted by Crippen LogP contribution is 2.24. The molecule has 0 saturated heterocycles. The Labute approximate surface area is 87.9 Å². The zero-order valence-corrected chi connectivity index (χ0v) is 9.02. The molecule has 2 rings (SSSR count). The van der Waals surface area contributed by atoms with Gasteiger partial charge in [-0.3, -0.25) is 0 Å². The monoisotopic (exact) mass is 203 g/mol. The first kappa shape index (κ1) is 9.76. The van der Waals surface area contributed by atoms with Crippen LogP contribution in [-0.2, 0) is 0 Å². The first-order valence-electron chi connectivity index (χ1n) is 4.90. The molecule has 0 aliphatic carbocycles. The molecule has 15 heavy (non-hydrogen) atoms. The molecule has 0 aliphatic rings. The molecule has 0 amide bonds. The molecular weight excluding hydrogens is 190 g/mol. The number of rotatable bonds is 2. The van der Waals surface area contributed by atoms with Crippen LogP contribution in [0.2, 0.25) is 0 Å². The summed E-state index contributed by atoms with van der Waals surface area (Å²) >= 11 is 0. The van der Waals surface area contributed by atoms with Crippen LogP contribution < -0.4 is 0 Å². The van der Waals surface area contributed by atoms with Crippen LogP contribution in [0.3, 0.4) is 0 Å². The van der Waals surface area contributed by atoms with Gasteiger partial charge in [-0.15, -0.1) is 10.2 Å². The molecule has 0 radical (unpaired) electrons. The van der Waals surface area contributed by atoms with E-state index in [1.165, 1.54) is 0 Å². The smallest absolute Gasteiger partial charge is 0.223 e. The van der Waals surface area contributed by atoms with E-state index in [-0.39, 0.29) is 0 Å². The second kappa shape index (κ2) is 3.76. The molecule has 1 N–H and O–H groups in total. The van der Waals surface area contributed by atoms with Crippen molar-refractivity contribution in [2.45, 2.75) is 26.7 Å². The fourth-order valence-electron chi connectivity index (χ4n) is 1.47. The molecule has 0 aromatic carbocycles. The van der Waals surface area contributed by atoms with E-state index in [0.717, 1.165) is 17.0 Å². The molecule has 2 aromatic rings. The zero-order valence-electron chi connectivity index (χ0n) is 9.02. The lowest BCUT2D eigenvalue weighted by Gasteiger charge is -2.09. The lowest BCUT2D eigenvalue weighted by atomic mass is 10.0. The third-order valence-electron chi connectivity index (χ3n) is 2.24. The minimum absolute atomic E-state index is 0.395. The van der Waals surface area contributed by atoms with Crippen LogP contribution in [0.15, 0.2) is 12.1 Å². The molecule has 0 spiro atoms. The number of nitrogens with one attached hydrogen (secondary N) is 1. The average molecular weight is 203 g/mol. The largest absolute Gasteiger partial charge is 0.249 e. The third kappa shape index (κ3) is 1.86. The van der Waals surface area contributed by atoms with E-state index < -0.39 is 0 Å². The number of aryl methyl sites for hydroxylation is 1. The number of H-pyrrole nitrogens is 1. The van der Waals surface area contributed by atoms with Gasteiger partial charge in [0.05, 0.1) is 0 Å². The highest BCUT2D eigenvalue weighted by Gasteiger charge is 2.13. The Hall–Kier alpha value is -1.78. The maximum atomic E-state index is 4.45. The van der Waals surface area contributed by atoms with Crippen LogP contribution in [0.5, 0.6) is 0 Å². The third-order valence-corrected chi connectivity index (χ3v) is 2.24. The van der Waals surface area contributed by atoms with Gasteiger partial charge in [-0.2, -0.15) is 5.21 Å². The van der Waals surface area contributed by atoms with Gasteiger partial charge in [0.25, 0.3) is 0 Å². The lowest BCUT2D eigenvalue weighted by Crippen LogP contribution is -1.98.